The van der Waals surface area contributed by atoms with Gasteiger partial charge in [0.15, 0.2) is 5.69 Å². The summed E-state index contributed by atoms with van der Waals surface area (Å²) in [4.78, 5) is 22.5. The van der Waals surface area contributed by atoms with Crippen LogP contribution < -0.4 is 9.47 Å². The van der Waals surface area contributed by atoms with Gasteiger partial charge >= 0.3 is 0 Å². The standard InChI is InChI=1S/C52H30N8O2/c1-54-36-15-21-48-44(27-36)42-19-17-40(29-50(42)60(48)52-13-3-5-23-56-52)62-38-11-7-9-35(26-38)46-32-57-45(31-58-46)34-8-6-10-37(25-34)61-39-16-18-41-43-24-33(30-53)14-20-47(43)59(49(41)28-39)51-12-2-4-22-55-51/h2-29,31-32H. The predicted molar refractivity (Wildman–Crippen MR) is 241 cm³/mol. The molecule has 0 amide bonds. The first-order valence-corrected chi connectivity index (χ1v) is 19.8. The fraction of sp³-hybridized carbons (Fsp3) is 0. The highest BCUT2D eigenvalue weighted by molar-refractivity contribution is 6.11. The predicted octanol–water partition coefficient (Wildman–Crippen LogP) is 12.8. The lowest BCUT2D eigenvalue weighted by atomic mass is 10.1. The highest BCUT2D eigenvalue weighted by atomic mass is 16.5. The Hall–Kier alpha value is -9.12. The van der Waals surface area contributed by atoms with Crippen LogP contribution in [0.4, 0.5) is 5.69 Å². The quantitative estimate of drug-likeness (QED) is 0.141. The van der Waals surface area contributed by atoms with Crippen molar-refractivity contribution < 1.29 is 9.47 Å². The number of hydrogen-bond acceptors (Lipinski definition) is 7. The van der Waals surface area contributed by atoms with E-state index < -0.39 is 0 Å². The zero-order valence-corrected chi connectivity index (χ0v) is 32.7. The molecule has 5 aromatic heterocycles. The molecule has 0 saturated carbocycles. The minimum absolute atomic E-state index is 0.582. The van der Waals surface area contributed by atoms with E-state index >= 15 is 0 Å². The molecule has 0 unspecified atom stereocenters. The van der Waals surface area contributed by atoms with Crippen LogP contribution in [0.15, 0.2) is 183 Å². The Kier molecular flexibility index (Phi) is 8.66. The molecule has 0 aliphatic heterocycles. The average molecular weight is 799 g/mol. The van der Waals surface area contributed by atoms with Gasteiger partial charge in [-0.25, -0.2) is 14.8 Å². The molecule has 0 saturated heterocycles. The minimum Gasteiger partial charge on any atom is -0.457 e. The maximum atomic E-state index is 9.60. The van der Waals surface area contributed by atoms with Crippen LogP contribution in [0.3, 0.4) is 0 Å². The summed E-state index contributed by atoms with van der Waals surface area (Å²) in [5.74, 6) is 4.17. The summed E-state index contributed by atoms with van der Waals surface area (Å²) in [7, 11) is 0. The van der Waals surface area contributed by atoms with Crippen molar-refractivity contribution in [3.05, 3.63) is 199 Å². The van der Waals surface area contributed by atoms with Gasteiger partial charge in [0.2, 0.25) is 0 Å². The van der Waals surface area contributed by atoms with Crippen molar-refractivity contribution in [3.63, 3.8) is 0 Å². The number of nitrogens with zero attached hydrogens (tertiary/aromatic N) is 8. The SMILES string of the molecule is [C-]#[N+]c1ccc2c(c1)c1ccc(Oc3cccc(-c4cnc(-c5cccc(Oc6ccc7c8cc(C#N)ccc8n(-c8ccccn8)c7c6)c5)cn4)c3)cc1n2-c1ccccn1. The van der Waals surface area contributed by atoms with E-state index in [1.807, 2.05) is 158 Å². The third kappa shape index (κ3) is 6.38. The van der Waals surface area contributed by atoms with Gasteiger partial charge in [-0.15, -0.1) is 0 Å². The summed E-state index contributed by atoms with van der Waals surface area (Å²) < 4.78 is 17.1. The van der Waals surface area contributed by atoms with E-state index in [1.165, 1.54) is 0 Å². The first kappa shape index (κ1) is 36.0. The average Bonchev–Trinajstić information content (AvgIpc) is 3.83. The fourth-order valence-corrected chi connectivity index (χ4v) is 8.06. The molecular weight excluding hydrogens is 769 g/mol. The first-order valence-electron chi connectivity index (χ1n) is 19.8. The molecule has 0 atom stereocenters. The Balaban J connectivity index is 0.855. The molecule has 0 fully saturated rings. The Morgan fingerprint density at radius 3 is 1.50 bits per heavy atom. The minimum atomic E-state index is 0.582. The highest BCUT2D eigenvalue weighted by Crippen LogP contribution is 2.38. The van der Waals surface area contributed by atoms with E-state index in [1.54, 1.807) is 24.8 Å². The highest BCUT2D eigenvalue weighted by Gasteiger charge is 2.17. The van der Waals surface area contributed by atoms with Gasteiger partial charge < -0.3 is 9.47 Å². The molecule has 0 N–H and O–H groups in total. The van der Waals surface area contributed by atoms with Crippen LogP contribution in [0.1, 0.15) is 5.56 Å². The van der Waals surface area contributed by atoms with E-state index in [-0.39, 0.29) is 0 Å². The van der Waals surface area contributed by atoms with E-state index in [4.69, 9.17) is 26.0 Å². The lowest BCUT2D eigenvalue weighted by Crippen LogP contribution is -1.96. The molecule has 0 spiro atoms. The Labute approximate surface area is 354 Å². The number of ether oxygens (including phenoxy) is 2. The largest absolute Gasteiger partial charge is 0.457 e. The van der Waals surface area contributed by atoms with Crippen molar-refractivity contribution in [2.45, 2.75) is 0 Å². The van der Waals surface area contributed by atoms with Crippen LogP contribution in [-0.4, -0.2) is 29.1 Å². The van der Waals surface area contributed by atoms with Crippen LogP contribution in [0, 0.1) is 17.9 Å². The Bertz CT molecular complexity index is 3360. The van der Waals surface area contributed by atoms with Crippen molar-refractivity contribution in [1.29, 1.82) is 5.26 Å². The molecule has 62 heavy (non-hydrogen) atoms. The molecule has 10 nitrogen and oxygen atoms in total. The summed E-state index contributed by atoms with van der Waals surface area (Å²) in [6.07, 6.45) is 7.07. The van der Waals surface area contributed by atoms with Crippen LogP contribution in [0.5, 0.6) is 23.0 Å². The van der Waals surface area contributed by atoms with Crippen molar-refractivity contribution in [1.82, 2.24) is 29.1 Å². The van der Waals surface area contributed by atoms with Gasteiger partial charge in [0, 0.05) is 51.8 Å². The van der Waals surface area contributed by atoms with Gasteiger partial charge in [-0.3, -0.25) is 19.1 Å². The molecule has 290 valence electrons. The summed E-state index contributed by atoms with van der Waals surface area (Å²) in [5, 5.41) is 13.5. The second-order valence-electron chi connectivity index (χ2n) is 14.6. The maximum absolute atomic E-state index is 9.60. The maximum Gasteiger partial charge on any atom is 0.188 e. The van der Waals surface area contributed by atoms with Gasteiger partial charge in [0.05, 0.1) is 64.1 Å². The fourth-order valence-electron chi connectivity index (χ4n) is 8.06. The Morgan fingerprint density at radius 2 is 1.00 bits per heavy atom. The topological polar surface area (TPSA) is 108 Å². The van der Waals surface area contributed by atoms with E-state index in [0.29, 0.717) is 45.6 Å². The number of pyridine rings is 2. The van der Waals surface area contributed by atoms with Gasteiger partial charge in [-0.2, -0.15) is 5.26 Å². The first-order chi connectivity index (χ1) is 30.6. The lowest BCUT2D eigenvalue weighted by Gasteiger charge is -2.11. The van der Waals surface area contributed by atoms with Crippen LogP contribution in [-0.2, 0) is 0 Å². The summed E-state index contributed by atoms with van der Waals surface area (Å²) >= 11 is 0. The van der Waals surface area contributed by atoms with Crippen molar-refractivity contribution >= 4 is 49.3 Å². The molecule has 10 heteroatoms. The summed E-state index contributed by atoms with van der Waals surface area (Å²) in [6, 6.07) is 52.8. The van der Waals surface area contributed by atoms with Crippen molar-refractivity contribution in [2.75, 3.05) is 0 Å². The number of rotatable bonds is 8. The monoisotopic (exact) mass is 798 g/mol. The van der Waals surface area contributed by atoms with E-state index in [0.717, 1.165) is 66.4 Å². The molecule has 0 radical (unpaired) electrons. The number of hydrogen-bond donors (Lipinski definition) is 0. The normalized spacial score (nSPS) is 11.2. The zero-order valence-electron chi connectivity index (χ0n) is 32.7. The molecule has 11 rings (SSSR count). The third-order valence-corrected chi connectivity index (χ3v) is 10.9. The second kappa shape index (κ2) is 14.9. The molecule has 0 aliphatic carbocycles. The van der Waals surface area contributed by atoms with Gasteiger partial charge in [0.25, 0.3) is 0 Å². The second-order valence-corrected chi connectivity index (χ2v) is 14.6. The van der Waals surface area contributed by atoms with Crippen molar-refractivity contribution in [3.8, 4) is 63.2 Å². The summed E-state index contributed by atoms with van der Waals surface area (Å²) in [5.41, 5.74) is 8.05. The van der Waals surface area contributed by atoms with Crippen LogP contribution in [0.25, 0.3) is 82.6 Å². The molecule has 11 aromatic rings. The molecule has 0 bridgehead atoms. The number of aromatic nitrogens is 6. The van der Waals surface area contributed by atoms with Crippen molar-refractivity contribution in [2.24, 2.45) is 0 Å². The molecule has 5 heterocycles. The van der Waals surface area contributed by atoms with Crippen LogP contribution in [0.2, 0.25) is 0 Å². The molecular formula is C52H30N8O2. The Morgan fingerprint density at radius 1 is 0.468 bits per heavy atom. The van der Waals surface area contributed by atoms with E-state index in [2.05, 4.69) is 30.0 Å². The van der Waals surface area contributed by atoms with Gasteiger partial charge in [-0.05, 0) is 109 Å². The molecule has 0 aliphatic rings. The lowest BCUT2D eigenvalue weighted by molar-refractivity contribution is 0.483. The molecule has 6 aromatic carbocycles. The smallest absolute Gasteiger partial charge is 0.188 e. The summed E-state index contributed by atoms with van der Waals surface area (Å²) in [6.45, 7) is 7.56. The third-order valence-electron chi connectivity index (χ3n) is 10.9. The van der Waals surface area contributed by atoms with Gasteiger partial charge in [0.1, 0.15) is 34.6 Å². The van der Waals surface area contributed by atoms with Crippen LogP contribution >= 0.6 is 0 Å². The van der Waals surface area contributed by atoms with Gasteiger partial charge in [-0.1, -0.05) is 42.5 Å². The number of fused-ring (bicyclic) bond motifs is 6. The van der Waals surface area contributed by atoms with E-state index in [9.17, 15) is 5.26 Å². The zero-order chi connectivity index (χ0) is 41.6. The number of nitriles is 1. The number of benzene rings is 6.